The minimum Gasteiger partial charge on any atom is -0.334 e. The molecule has 0 radical (unpaired) electrons. The molecule has 4 aromatic rings. The average molecular weight is 394 g/mol. The lowest BCUT2D eigenvalue weighted by atomic mass is 10.2. The van der Waals surface area contributed by atoms with E-state index in [1.807, 2.05) is 12.1 Å². The van der Waals surface area contributed by atoms with Gasteiger partial charge >= 0.3 is 5.69 Å². The molecular weight excluding hydrogens is 382 g/mol. The Labute approximate surface area is 162 Å². The van der Waals surface area contributed by atoms with Crippen molar-refractivity contribution in [3.05, 3.63) is 82.8 Å². The van der Waals surface area contributed by atoms with Gasteiger partial charge in [-0.25, -0.2) is 18.7 Å². The molecule has 0 aliphatic rings. The van der Waals surface area contributed by atoms with Gasteiger partial charge in [0.15, 0.2) is 11.6 Å². The van der Waals surface area contributed by atoms with E-state index in [1.54, 1.807) is 24.4 Å². The summed E-state index contributed by atoms with van der Waals surface area (Å²) in [6.07, 6.45) is 2.73. The molecule has 10 heteroatoms. The van der Waals surface area contributed by atoms with E-state index in [0.29, 0.717) is 11.2 Å². The number of rotatable bonds is 5. The number of fused-ring (bicyclic) bond motifs is 1. The van der Waals surface area contributed by atoms with Gasteiger partial charge in [-0.15, -0.1) is 0 Å². The zero-order valence-electron chi connectivity index (χ0n) is 14.6. The SMILES string of the molecule is O=[N+]([O-])c1c(Nc2ccc(F)c(F)c2)ncnc1Nc1cccc2cccnc12. The number of nitrogens with one attached hydrogen (secondary N) is 2. The summed E-state index contributed by atoms with van der Waals surface area (Å²) >= 11 is 0. The number of pyridine rings is 1. The molecule has 2 heterocycles. The van der Waals surface area contributed by atoms with E-state index in [1.165, 1.54) is 6.07 Å². The van der Waals surface area contributed by atoms with Crippen LogP contribution in [0.2, 0.25) is 0 Å². The monoisotopic (exact) mass is 394 g/mol. The Kier molecular flexibility index (Phi) is 4.65. The summed E-state index contributed by atoms with van der Waals surface area (Å²) < 4.78 is 26.6. The van der Waals surface area contributed by atoms with Crippen molar-refractivity contribution in [2.75, 3.05) is 10.6 Å². The molecule has 144 valence electrons. The zero-order chi connectivity index (χ0) is 20.4. The molecule has 29 heavy (non-hydrogen) atoms. The van der Waals surface area contributed by atoms with Crippen molar-refractivity contribution in [1.29, 1.82) is 0 Å². The molecule has 0 fully saturated rings. The van der Waals surface area contributed by atoms with Gasteiger partial charge < -0.3 is 10.6 Å². The van der Waals surface area contributed by atoms with Crippen LogP contribution in [0.1, 0.15) is 0 Å². The summed E-state index contributed by atoms with van der Waals surface area (Å²) in [6.45, 7) is 0. The molecule has 0 aliphatic carbocycles. The predicted molar refractivity (Wildman–Crippen MR) is 103 cm³/mol. The van der Waals surface area contributed by atoms with Crippen molar-refractivity contribution in [2.45, 2.75) is 0 Å². The maximum absolute atomic E-state index is 13.5. The van der Waals surface area contributed by atoms with Gasteiger partial charge in [-0.05, 0) is 24.3 Å². The van der Waals surface area contributed by atoms with E-state index in [9.17, 15) is 18.9 Å². The molecule has 2 N–H and O–H groups in total. The van der Waals surface area contributed by atoms with Crippen LogP contribution in [0.5, 0.6) is 0 Å². The van der Waals surface area contributed by atoms with Gasteiger partial charge in [0.1, 0.15) is 6.33 Å². The van der Waals surface area contributed by atoms with Crippen LogP contribution in [-0.4, -0.2) is 19.9 Å². The molecule has 0 amide bonds. The van der Waals surface area contributed by atoms with Crippen LogP contribution < -0.4 is 10.6 Å². The summed E-state index contributed by atoms with van der Waals surface area (Å²) in [6, 6.07) is 12.0. The lowest BCUT2D eigenvalue weighted by molar-refractivity contribution is -0.383. The summed E-state index contributed by atoms with van der Waals surface area (Å²) in [4.78, 5) is 23.2. The predicted octanol–water partition coefficient (Wildman–Crippen LogP) is 4.70. The second-order valence-electron chi connectivity index (χ2n) is 5.94. The molecule has 0 unspecified atom stereocenters. The topological polar surface area (TPSA) is 106 Å². The van der Waals surface area contributed by atoms with Crippen LogP contribution in [0.15, 0.2) is 61.1 Å². The van der Waals surface area contributed by atoms with Crippen molar-refractivity contribution < 1.29 is 13.7 Å². The largest absolute Gasteiger partial charge is 0.353 e. The van der Waals surface area contributed by atoms with E-state index >= 15 is 0 Å². The Balaban J connectivity index is 1.75. The third-order valence-electron chi connectivity index (χ3n) is 4.07. The van der Waals surface area contributed by atoms with Gasteiger partial charge in [0.25, 0.3) is 0 Å². The lowest BCUT2D eigenvalue weighted by Crippen LogP contribution is -2.06. The van der Waals surface area contributed by atoms with E-state index in [-0.39, 0.29) is 17.3 Å². The third kappa shape index (κ3) is 3.63. The molecular formula is C19H12F2N6O2. The first-order valence-corrected chi connectivity index (χ1v) is 8.35. The molecule has 0 saturated carbocycles. The molecule has 0 aliphatic heterocycles. The minimum absolute atomic E-state index is 0.0757. The van der Waals surface area contributed by atoms with E-state index in [4.69, 9.17) is 0 Å². The summed E-state index contributed by atoms with van der Waals surface area (Å²) in [7, 11) is 0. The van der Waals surface area contributed by atoms with Crippen LogP contribution in [0.4, 0.5) is 37.5 Å². The first kappa shape index (κ1) is 18.2. The molecule has 0 saturated heterocycles. The first-order valence-electron chi connectivity index (χ1n) is 8.35. The van der Waals surface area contributed by atoms with Crippen molar-refractivity contribution in [1.82, 2.24) is 15.0 Å². The molecule has 8 nitrogen and oxygen atoms in total. The van der Waals surface area contributed by atoms with E-state index in [0.717, 1.165) is 23.8 Å². The fourth-order valence-corrected chi connectivity index (χ4v) is 2.78. The maximum atomic E-state index is 13.5. The number of para-hydroxylation sites is 1. The highest BCUT2D eigenvalue weighted by Gasteiger charge is 2.24. The standard InChI is InChI=1S/C19H12F2N6O2/c20-13-7-6-12(9-14(13)21)25-18-17(27(28)29)19(24-10-23-18)26-15-5-1-3-11-4-2-8-22-16(11)15/h1-10H,(H2,23,24,25,26). The quantitative estimate of drug-likeness (QED) is 0.373. The smallest absolute Gasteiger partial charge is 0.334 e. The lowest BCUT2D eigenvalue weighted by Gasteiger charge is -2.11. The highest BCUT2D eigenvalue weighted by molar-refractivity contribution is 5.93. The molecule has 0 atom stereocenters. The van der Waals surface area contributed by atoms with Gasteiger partial charge in [-0.3, -0.25) is 15.1 Å². The Hall–Kier alpha value is -4.21. The van der Waals surface area contributed by atoms with E-state index in [2.05, 4.69) is 25.6 Å². The normalized spacial score (nSPS) is 10.7. The number of nitrogens with zero attached hydrogens (tertiary/aromatic N) is 4. The van der Waals surface area contributed by atoms with Gasteiger partial charge in [0.2, 0.25) is 11.6 Å². The van der Waals surface area contributed by atoms with Crippen molar-refractivity contribution in [2.24, 2.45) is 0 Å². The maximum Gasteiger partial charge on any atom is 0.353 e. The van der Waals surface area contributed by atoms with Gasteiger partial charge in [-0.1, -0.05) is 18.2 Å². The number of hydrogen-bond donors (Lipinski definition) is 2. The third-order valence-corrected chi connectivity index (χ3v) is 4.07. The zero-order valence-corrected chi connectivity index (χ0v) is 14.6. The van der Waals surface area contributed by atoms with Crippen LogP contribution in [0.3, 0.4) is 0 Å². The number of aromatic nitrogens is 3. The Morgan fingerprint density at radius 3 is 2.41 bits per heavy atom. The molecule has 2 aromatic heterocycles. The summed E-state index contributed by atoms with van der Waals surface area (Å²) in [5, 5.41) is 18.1. The second-order valence-corrected chi connectivity index (χ2v) is 5.94. The Bertz CT molecular complexity index is 1230. The highest BCUT2D eigenvalue weighted by Crippen LogP contribution is 2.34. The Morgan fingerprint density at radius 1 is 0.897 bits per heavy atom. The van der Waals surface area contributed by atoms with Crippen LogP contribution in [0.25, 0.3) is 10.9 Å². The fraction of sp³-hybridized carbons (Fsp3) is 0. The summed E-state index contributed by atoms with van der Waals surface area (Å²) in [5.41, 5.74) is 0.773. The fourth-order valence-electron chi connectivity index (χ4n) is 2.78. The second kappa shape index (κ2) is 7.43. The van der Waals surface area contributed by atoms with Crippen LogP contribution >= 0.6 is 0 Å². The summed E-state index contributed by atoms with van der Waals surface area (Å²) in [5.74, 6) is -2.37. The number of hydrogen-bond acceptors (Lipinski definition) is 7. The number of benzene rings is 2. The minimum atomic E-state index is -1.09. The average Bonchev–Trinajstić information content (AvgIpc) is 2.71. The molecule has 4 rings (SSSR count). The van der Waals surface area contributed by atoms with Gasteiger partial charge in [0.05, 0.1) is 16.1 Å². The van der Waals surface area contributed by atoms with Gasteiger partial charge in [-0.2, -0.15) is 0 Å². The Morgan fingerprint density at radius 2 is 1.66 bits per heavy atom. The molecule has 0 spiro atoms. The van der Waals surface area contributed by atoms with Crippen molar-refractivity contribution in [3.63, 3.8) is 0 Å². The van der Waals surface area contributed by atoms with Crippen LogP contribution in [-0.2, 0) is 0 Å². The molecule has 0 bridgehead atoms. The van der Waals surface area contributed by atoms with Crippen molar-refractivity contribution >= 4 is 39.6 Å². The number of anilines is 4. The number of halogens is 2. The van der Waals surface area contributed by atoms with Crippen molar-refractivity contribution in [3.8, 4) is 0 Å². The van der Waals surface area contributed by atoms with Gasteiger partial charge in [0, 0.05) is 23.3 Å². The molecule has 2 aromatic carbocycles. The van der Waals surface area contributed by atoms with E-state index < -0.39 is 22.2 Å². The van der Waals surface area contributed by atoms with Crippen LogP contribution in [0, 0.1) is 21.7 Å². The first-order chi connectivity index (χ1) is 14.0. The highest BCUT2D eigenvalue weighted by atomic mass is 19.2. The number of nitro groups is 1.